The summed E-state index contributed by atoms with van der Waals surface area (Å²) in [5.74, 6) is 1.55. The van der Waals surface area contributed by atoms with Gasteiger partial charge in [0.15, 0.2) is 11.5 Å². The van der Waals surface area contributed by atoms with Crippen molar-refractivity contribution in [3.63, 3.8) is 0 Å². The summed E-state index contributed by atoms with van der Waals surface area (Å²) < 4.78 is 10.5. The SMILES string of the molecule is O=C(Nc1nnc(C2CCCC2)s1)c1ccc2c(c1)OCO2. The fraction of sp³-hybridized carbons (Fsp3) is 0.400. The highest BCUT2D eigenvalue weighted by atomic mass is 32.1. The molecule has 1 fully saturated rings. The first-order valence-corrected chi connectivity index (χ1v) is 8.15. The summed E-state index contributed by atoms with van der Waals surface area (Å²) in [6, 6.07) is 5.12. The summed E-state index contributed by atoms with van der Waals surface area (Å²) in [5, 5.41) is 12.7. The van der Waals surface area contributed by atoms with Gasteiger partial charge in [-0.2, -0.15) is 0 Å². The molecule has 0 saturated heterocycles. The van der Waals surface area contributed by atoms with Gasteiger partial charge in [-0.05, 0) is 31.0 Å². The Hall–Kier alpha value is -2.15. The van der Waals surface area contributed by atoms with Crippen LogP contribution in [-0.4, -0.2) is 22.9 Å². The fourth-order valence-corrected chi connectivity index (χ4v) is 3.74. The van der Waals surface area contributed by atoms with Crippen molar-refractivity contribution in [2.75, 3.05) is 12.1 Å². The maximum absolute atomic E-state index is 12.3. The largest absolute Gasteiger partial charge is 0.454 e. The molecule has 1 aromatic carbocycles. The predicted octanol–water partition coefficient (Wildman–Crippen LogP) is 3.18. The van der Waals surface area contributed by atoms with Gasteiger partial charge in [-0.25, -0.2) is 0 Å². The standard InChI is InChI=1S/C15H15N3O3S/c19-13(10-5-6-11-12(7-10)21-8-20-11)16-15-18-17-14(22-15)9-3-1-2-4-9/h5-7,9H,1-4,8H2,(H,16,18,19). The molecule has 4 rings (SSSR count). The summed E-state index contributed by atoms with van der Waals surface area (Å²) in [4.78, 5) is 12.3. The Morgan fingerprint density at radius 3 is 2.86 bits per heavy atom. The summed E-state index contributed by atoms with van der Waals surface area (Å²) in [5.41, 5.74) is 0.516. The van der Waals surface area contributed by atoms with Gasteiger partial charge in [0, 0.05) is 11.5 Å². The number of benzene rings is 1. The average molecular weight is 317 g/mol. The summed E-state index contributed by atoms with van der Waals surface area (Å²) in [6.45, 7) is 0.196. The highest BCUT2D eigenvalue weighted by Gasteiger charge is 2.22. The van der Waals surface area contributed by atoms with Crippen molar-refractivity contribution in [2.45, 2.75) is 31.6 Å². The molecule has 1 aromatic heterocycles. The lowest BCUT2D eigenvalue weighted by Gasteiger charge is -2.03. The summed E-state index contributed by atoms with van der Waals surface area (Å²) >= 11 is 1.47. The van der Waals surface area contributed by atoms with Crippen LogP contribution in [0.2, 0.25) is 0 Å². The molecule has 0 spiro atoms. The highest BCUT2D eigenvalue weighted by molar-refractivity contribution is 7.15. The number of anilines is 1. The molecule has 2 aromatic rings. The Balaban J connectivity index is 1.47. The minimum atomic E-state index is -0.215. The Labute approximate surface area is 131 Å². The Morgan fingerprint density at radius 1 is 1.18 bits per heavy atom. The zero-order chi connectivity index (χ0) is 14.9. The van der Waals surface area contributed by atoms with Crippen LogP contribution in [0.5, 0.6) is 11.5 Å². The molecule has 114 valence electrons. The van der Waals surface area contributed by atoms with Gasteiger partial charge >= 0.3 is 0 Å². The number of hydrogen-bond donors (Lipinski definition) is 1. The molecule has 2 aliphatic rings. The number of nitrogens with one attached hydrogen (secondary N) is 1. The zero-order valence-corrected chi connectivity index (χ0v) is 12.7. The van der Waals surface area contributed by atoms with Crippen molar-refractivity contribution >= 4 is 22.4 Å². The van der Waals surface area contributed by atoms with Gasteiger partial charge in [0.2, 0.25) is 11.9 Å². The van der Waals surface area contributed by atoms with Gasteiger partial charge < -0.3 is 9.47 Å². The minimum absolute atomic E-state index is 0.196. The first-order valence-electron chi connectivity index (χ1n) is 7.34. The van der Waals surface area contributed by atoms with E-state index in [-0.39, 0.29) is 12.7 Å². The number of nitrogens with zero attached hydrogens (tertiary/aromatic N) is 2. The molecule has 1 aliphatic carbocycles. The molecule has 1 saturated carbocycles. The number of rotatable bonds is 3. The van der Waals surface area contributed by atoms with Gasteiger partial charge in [0.1, 0.15) is 5.01 Å². The number of carbonyl (C=O) groups excluding carboxylic acids is 1. The number of fused-ring (bicyclic) bond motifs is 1. The van der Waals surface area contributed by atoms with E-state index in [1.54, 1.807) is 18.2 Å². The van der Waals surface area contributed by atoms with Gasteiger partial charge in [0.25, 0.3) is 5.91 Å². The molecule has 1 aliphatic heterocycles. The van der Waals surface area contributed by atoms with E-state index in [1.165, 1.54) is 37.0 Å². The van der Waals surface area contributed by atoms with Crippen LogP contribution in [0.4, 0.5) is 5.13 Å². The lowest BCUT2D eigenvalue weighted by molar-refractivity contribution is 0.102. The molecule has 7 heteroatoms. The van der Waals surface area contributed by atoms with Gasteiger partial charge in [0.05, 0.1) is 0 Å². The fourth-order valence-electron chi connectivity index (χ4n) is 2.83. The van der Waals surface area contributed by atoms with Crippen LogP contribution in [0.25, 0.3) is 0 Å². The molecule has 0 bridgehead atoms. The summed E-state index contributed by atoms with van der Waals surface area (Å²) in [7, 11) is 0. The first kappa shape index (κ1) is 13.5. The maximum Gasteiger partial charge on any atom is 0.257 e. The molecule has 2 heterocycles. The molecular weight excluding hydrogens is 302 g/mol. The third kappa shape index (κ3) is 2.52. The van der Waals surface area contributed by atoms with E-state index >= 15 is 0 Å². The van der Waals surface area contributed by atoms with Crippen LogP contribution in [0.1, 0.15) is 47.0 Å². The van der Waals surface area contributed by atoms with Crippen molar-refractivity contribution in [1.29, 1.82) is 0 Å². The zero-order valence-electron chi connectivity index (χ0n) is 11.9. The van der Waals surface area contributed by atoms with E-state index in [2.05, 4.69) is 15.5 Å². The van der Waals surface area contributed by atoms with E-state index in [9.17, 15) is 4.79 Å². The highest BCUT2D eigenvalue weighted by Crippen LogP contribution is 2.37. The molecule has 6 nitrogen and oxygen atoms in total. The van der Waals surface area contributed by atoms with Gasteiger partial charge in [-0.3, -0.25) is 10.1 Å². The van der Waals surface area contributed by atoms with Crippen molar-refractivity contribution < 1.29 is 14.3 Å². The quantitative estimate of drug-likeness (QED) is 0.941. The Bertz CT molecular complexity index is 710. The summed E-state index contributed by atoms with van der Waals surface area (Å²) in [6.07, 6.45) is 4.85. The predicted molar refractivity (Wildman–Crippen MR) is 81.6 cm³/mol. The monoisotopic (exact) mass is 317 g/mol. The second-order valence-corrected chi connectivity index (χ2v) is 6.46. The van der Waals surface area contributed by atoms with Crippen LogP contribution < -0.4 is 14.8 Å². The number of aromatic nitrogens is 2. The second-order valence-electron chi connectivity index (χ2n) is 5.45. The molecule has 1 N–H and O–H groups in total. The Kier molecular flexibility index (Phi) is 3.42. The van der Waals surface area contributed by atoms with Crippen molar-refractivity contribution in [1.82, 2.24) is 10.2 Å². The third-order valence-corrected chi connectivity index (χ3v) is 5.00. The van der Waals surface area contributed by atoms with Gasteiger partial charge in [-0.1, -0.05) is 24.2 Å². The van der Waals surface area contributed by atoms with E-state index in [0.717, 1.165) is 5.01 Å². The number of amides is 1. The normalized spacial score (nSPS) is 16.9. The Morgan fingerprint density at radius 2 is 2.00 bits per heavy atom. The molecule has 0 unspecified atom stereocenters. The van der Waals surface area contributed by atoms with Crippen LogP contribution in [0, 0.1) is 0 Å². The smallest absolute Gasteiger partial charge is 0.257 e. The van der Waals surface area contributed by atoms with Gasteiger partial charge in [-0.15, -0.1) is 10.2 Å². The third-order valence-electron chi connectivity index (χ3n) is 4.00. The molecule has 0 atom stereocenters. The van der Waals surface area contributed by atoms with Crippen molar-refractivity contribution in [3.8, 4) is 11.5 Å². The number of carbonyl (C=O) groups is 1. The van der Waals surface area contributed by atoms with E-state index < -0.39 is 0 Å². The average Bonchev–Trinajstić information content (AvgIpc) is 3.27. The molecule has 1 amide bonds. The molecular formula is C15H15N3O3S. The molecule has 0 radical (unpaired) electrons. The van der Waals surface area contributed by atoms with Crippen LogP contribution in [0.15, 0.2) is 18.2 Å². The van der Waals surface area contributed by atoms with Crippen molar-refractivity contribution in [2.24, 2.45) is 0 Å². The number of ether oxygens (including phenoxy) is 2. The van der Waals surface area contributed by atoms with Crippen LogP contribution in [0.3, 0.4) is 0 Å². The van der Waals surface area contributed by atoms with E-state index in [0.29, 0.717) is 28.1 Å². The topological polar surface area (TPSA) is 73.3 Å². The van der Waals surface area contributed by atoms with Crippen molar-refractivity contribution in [3.05, 3.63) is 28.8 Å². The first-order chi connectivity index (χ1) is 10.8. The van der Waals surface area contributed by atoms with Crippen LogP contribution >= 0.6 is 11.3 Å². The number of hydrogen-bond acceptors (Lipinski definition) is 6. The molecule has 22 heavy (non-hydrogen) atoms. The lowest BCUT2D eigenvalue weighted by atomic mass is 10.1. The van der Waals surface area contributed by atoms with E-state index in [1.807, 2.05) is 0 Å². The maximum atomic E-state index is 12.3. The lowest BCUT2D eigenvalue weighted by Crippen LogP contribution is -2.11. The second kappa shape index (κ2) is 5.57. The van der Waals surface area contributed by atoms with Crippen LogP contribution in [-0.2, 0) is 0 Å². The van der Waals surface area contributed by atoms with E-state index in [4.69, 9.17) is 9.47 Å². The minimum Gasteiger partial charge on any atom is -0.454 e.